The van der Waals surface area contributed by atoms with Crippen molar-refractivity contribution in [2.45, 2.75) is 127 Å². The third-order valence-electron chi connectivity index (χ3n) is 21.5. The van der Waals surface area contributed by atoms with Gasteiger partial charge in [0.15, 0.2) is 16.7 Å². The molecule has 20 aromatic rings. The molecule has 0 unspecified atom stereocenters. The van der Waals surface area contributed by atoms with Crippen LogP contribution in [-0.4, -0.2) is 24.9 Å². The van der Waals surface area contributed by atoms with Crippen molar-refractivity contribution < 1.29 is 22.1 Å². The largest absolute Gasteiger partial charge is 0.455 e. The number of para-hydroxylation sites is 5. The number of aromatic nitrogens is 5. The smallest absolute Gasteiger partial charge is 0.227 e. The SMILES string of the molecule is CC(C)c1ccc2oc3c(-c4ccccc4)cccc3c2n1.Cc1cccc(-c2cccc3c2oc2c(C(C)C)nccc23)c1.Cc1cccc(-c2cccc3c2oc2ncc(C(C)C)cc23)c1.Cc1cccc(-c2ccnc3c2oc2c(C(C)C)cccc23)c1.Cc1cccc(-c2cncc3c2oc2c(C(C)C)cccc23)c1. The number of pyridine rings is 5. The van der Waals surface area contributed by atoms with Crippen LogP contribution in [0.25, 0.3) is 166 Å². The summed E-state index contributed by atoms with van der Waals surface area (Å²) in [4.78, 5) is 22.9. The Bertz CT molecular complexity index is 6510. The van der Waals surface area contributed by atoms with Gasteiger partial charge in [0.1, 0.15) is 44.5 Å². The van der Waals surface area contributed by atoms with Gasteiger partial charge in [-0.2, -0.15) is 0 Å². The van der Waals surface area contributed by atoms with Gasteiger partial charge in [-0.15, -0.1) is 0 Å². The van der Waals surface area contributed by atoms with Crippen LogP contribution in [0.1, 0.15) is 149 Å². The highest BCUT2D eigenvalue weighted by Crippen LogP contribution is 2.44. The molecule has 0 aliphatic carbocycles. The highest BCUT2D eigenvalue weighted by molar-refractivity contribution is 6.13. The van der Waals surface area contributed by atoms with E-state index >= 15 is 0 Å². The van der Waals surface area contributed by atoms with Crippen molar-refractivity contribution >= 4 is 110 Å². The summed E-state index contributed by atoms with van der Waals surface area (Å²) in [5.41, 5.74) is 33.1. The van der Waals surface area contributed by atoms with Crippen molar-refractivity contribution in [2.75, 3.05) is 0 Å². The summed E-state index contributed by atoms with van der Waals surface area (Å²) in [5.74, 6) is 2.04. The van der Waals surface area contributed by atoms with Crippen LogP contribution >= 0.6 is 0 Å². The average Bonchev–Trinajstić information content (AvgIpc) is 1.63. The summed E-state index contributed by atoms with van der Waals surface area (Å²) >= 11 is 0. The Kier molecular flexibility index (Phi) is 21.0. The van der Waals surface area contributed by atoms with E-state index in [9.17, 15) is 0 Å². The van der Waals surface area contributed by atoms with Crippen molar-refractivity contribution in [2.24, 2.45) is 0 Å². The van der Waals surface area contributed by atoms with E-state index < -0.39 is 0 Å². The van der Waals surface area contributed by atoms with Crippen LogP contribution in [-0.2, 0) is 0 Å². The molecule has 0 radical (unpaired) electrons. The summed E-state index contributed by atoms with van der Waals surface area (Å²) in [6, 6.07) is 86.4. The third kappa shape index (κ3) is 14.8. The van der Waals surface area contributed by atoms with Gasteiger partial charge in [0, 0.05) is 108 Å². The first-order valence-corrected chi connectivity index (χ1v) is 39.7. The third-order valence-corrected chi connectivity index (χ3v) is 21.5. The van der Waals surface area contributed by atoms with E-state index in [-0.39, 0.29) is 0 Å². The molecular weight excluding hydrogens is 1400 g/mol. The quantitative estimate of drug-likeness (QED) is 0.130. The number of fused-ring (bicyclic) bond motifs is 15. The molecule has 114 heavy (non-hydrogen) atoms. The second kappa shape index (κ2) is 32.0. The molecule has 0 aliphatic rings. The Morgan fingerprint density at radius 1 is 0.263 bits per heavy atom. The molecule has 0 atom stereocenters. The van der Waals surface area contributed by atoms with Gasteiger partial charge in [-0.3, -0.25) is 15.0 Å². The van der Waals surface area contributed by atoms with Gasteiger partial charge in [-0.1, -0.05) is 298 Å². The minimum absolute atomic E-state index is 0.335. The predicted octanol–water partition coefficient (Wildman–Crippen LogP) is 30.1. The molecular formula is C104H93N5O5. The van der Waals surface area contributed by atoms with E-state index in [1.807, 2.05) is 67.4 Å². The fraction of sp³-hybridized carbons (Fsp3) is 0.183. The number of furan rings is 5. The lowest BCUT2D eigenvalue weighted by molar-refractivity contribution is 0.651. The summed E-state index contributed by atoms with van der Waals surface area (Å²) in [6.45, 7) is 30.2. The minimum Gasteiger partial charge on any atom is -0.455 e. The fourth-order valence-corrected chi connectivity index (χ4v) is 15.5. The lowest BCUT2D eigenvalue weighted by atomic mass is 10.00. The van der Waals surface area contributed by atoms with E-state index in [0.717, 1.165) is 155 Å². The maximum Gasteiger partial charge on any atom is 0.227 e. The predicted molar refractivity (Wildman–Crippen MR) is 474 cm³/mol. The summed E-state index contributed by atoms with van der Waals surface area (Å²) in [6.07, 6.45) is 9.48. The molecule has 10 heterocycles. The van der Waals surface area contributed by atoms with Crippen molar-refractivity contribution in [3.63, 3.8) is 0 Å². The molecule has 564 valence electrons. The van der Waals surface area contributed by atoms with Crippen LogP contribution in [0.3, 0.4) is 0 Å². The van der Waals surface area contributed by atoms with Gasteiger partial charge >= 0.3 is 0 Å². The molecule has 0 N–H and O–H groups in total. The Morgan fingerprint density at radius 2 is 0.711 bits per heavy atom. The monoisotopic (exact) mass is 1490 g/mol. The topological polar surface area (TPSA) is 130 Å². The highest BCUT2D eigenvalue weighted by atomic mass is 16.3. The van der Waals surface area contributed by atoms with Crippen LogP contribution in [0, 0.1) is 27.7 Å². The molecule has 0 saturated heterocycles. The highest BCUT2D eigenvalue weighted by Gasteiger charge is 2.22. The summed E-state index contributed by atoms with van der Waals surface area (Å²) < 4.78 is 31.2. The van der Waals surface area contributed by atoms with E-state index in [1.165, 1.54) is 55.6 Å². The lowest BCUT2D eigenvalue weighted by Gasteiger charge is -2.04. The summed E-state index contributed by atoms with van der Waals surface area (Å²) in [7, 11) is 0. The number of benzene rings is 10. The lowest BCUT2D eigenvalue weighted by Crippen LogP contribution is -1.91. The number of aryl methyl sites for hydroxylation is 4. The van der Waals surface area contributed by atoms with Gasteiger partial charge in [-0.05, 0) is 144 Å². The van der Waals surface area contributed by atoms with Gasteiger partial charge in [-0.25, -0.2) is 9.97 Å². The molecule has 10 heteroatoms. The van der Waals surface area contributed by atoms with Crippen molar-refractivity contribution in [1.29, 1.82) is 0 Å². The Balaban J connectivity index is 0.000000107. The minimum atomic E-state index is 0.335. The van der Waals surface area contributed by atoms with Crippen molar-refractivity contribution in [1.82, 2.24) is 24.9 Å². The first-order valence-electron chi connectivity index (χ1n) is 39.7. The van der Waals surface area contributed by atoms with Crippen LogP contribution in [0.4, 0.5) is 0 Å². The zero-order valence-corrected chi connectivity index (χ0v) is 67.2. The molecule has 0 saturated carbocycles. The zero-order valence-electron chi connectivity index (χ0n) is 67.2. The molecule has 20 rings (SSSR count). The molecule has 10 nitrogen and oxygen atoms in total. The normalized spacial score (nSPS) is 11.6. The number of nitrogens with zero attached hydrogens (tertiary/aromatic N) is 5. The molecule has 0 bridgehead atoms. The molecule has 0 fully saturated rings. The number of hydrogen-bond acceptors (Lipinski definition) is 10. The van der Waals surface area contributed by atoms with Crippen molar-refractivity contribution in [3.05, 3.63) is 330 Å². The molecule has 10 aromatic heterocycles. The molecule has 0 amide bonds. The van der Waals surface area contributed by atoms with Crippen LogP contribution in [0.15, 0.2) is 302 Å². The summed E-state index contributed by atoms with van der Waals surface area (Å²) in [5, 5.41) is 8.94. The maximum atomic E-state index is 6.33. The number of rotatable bonds is 10. The Labute approximate surface area is 665 Å². The van der Waals surface area contributed by atoms with E-state index in [2.05, 4.69) is 329 Å². The first-order chi connectivity index (χ1) is 55.3. The van der Waals surface area contributed by atoms with Crippen LogP contribution in [0.2, 0.25) is 0 Å². The average molecular weight is 1490 g/mol. The van der Waals surface area contributed by atoms with Gasteiger partial charge in [0.05, 0.1) is 5.69 Å². The molecule has 0 spiro atoms. The molecule has 10 aromatic carbocycles. The van der Waals surface area contributed by atoms with Gasteiger partial charge in [0.25, 0.3) is 0 Å². The number of hydrogen-bond donors (Lipinski definition) is 0. The van der Waals surface area contributed by atoms with Crippen LogP contribution in [0.5, 0.6) is 0 Å². The standard InChI is InChI=1S/4C21H19NO.C20H17NO/c1-13(2)16-11-19-18-9-5-8-17(15-7-4-6-14(3)10-15)20(18)23-21(19)22-12-16;1-13(2)16-8-5-9-17-19-12-22-11-18(21(19)23-20(16)17)15-7-4-6-14(3)10-15;1-13(2)19-21-18(10-11-22-19)17-9-5-8-16(20(17)23-21)15-7-4-6-14(3)12-15;1-13(2)16-8-5-9-18-19-21(23-20(16)18)17(10-11-22-19)15-7-4-6-14(3)12-15;1-13(2)17-11-12-18-19(21-17)16-10-6-9-15(20(16)22-18)14-7-4-3-5-8-14/h4*4-13H,1-3H3;3-13H,1-2H3. The van der Waals surface area contributed by atoms with E-state index in [1.54, 1.807) is 0 Å². The fourth-order valence-electron chi connectivity index (χ4n) is 15.5. The van der Waals surface area contributed by atoms with Gasteiger partial charge < -0.3 is 22.1 Å². The second-order valence-electron chi connectivity index (χ2n) is 31.5. The first kappa shape index (κ1) is 75.0. The Morgan fingerprint density at radius 3 is 1.27 bits per heavy atom. The Hall–Kier alpha value is -13.1. The van der Waals surface area contributed by atoms with E-state index in [4.69, 9.17) is 27.1 Å². The van der Waals surface area contributed by atoms with Crippen molar-refractivity contribution in [3.8, 4) is 55.6 Å². The maximum absolute atomic E-state index is 6.33. The zero-order chi connectivity index (χ0) is 79.0. The van der Waals surface area contributed by atoms with Gasteiger partial charge in [0.2, 0.25) is 5.71 Å². The van der Waals surface area contributed by atoms with Crippen LogP contribution < -0.4 is 0 Å². The second-order valence-corrected chi connectivity index (χ2v) is 31.5. The molecule has 0 aliphatic heterocycles. The van der Waals surface area contributed by atoms with E-state index in [0.29, 0.717) is 35.3 Å².